The lowest BCUT2D eigenvalue weighted by atomic mass is 10.1. The Morgan fingerprint density at radius 1 is 1.35 bits per heavy atom. The molecule has 0 radical (unpaired) electrons. The molecule has 1 rings (SSSR count). The van der Waals surface area contributed by atoms with Gasteiger partial charge in [0.1, 0.15) is 0 Å². The predicted octanol–water partition coefficient (Wildman–Crippen LogP) is 2.65. The van der Waals surface area contributed by atoms with E-state index in [1.807, 2.05) is 31.2 Å². The van der Waals surface area contributed by atoms with Gasteiger partial charge in [0, 0.05) is 11.4 Å². The summed E-state index contributed by atoms with van der Waals surface area (Å²) < 4.78 is 0. The molecule has 17 heavy (non-hydrogen) atoms. The predicted molar refractivity (Wildman–Crippen MR) is 70.9 cm³/mol. The molecule has 94 valence electrons. The summed E-state index contributed by atoms with van der Waals surface area (Å²) in [6.07, 6.45) is 2.27. The Labute approximate surface area is 107 Å². The van der Waals surface area contributed by atoms with Crippen LogP contribution in [0.25, 0.3) is 0 Å². The summed E-state index contributed by atoms with van der Waals surface area (Å²) in [5.74, 6) is 0.0703. The van der Waals surface area contributed by atoms with Gasteiger partial charge in [-0.25, -0.2) is 0 Å². The normalized spacial score (nSPS) is 12.2. The second kappa shape index (κ2) is 7.30. The Bertz CT molecular complexity index is 351. The highest BCUT2D eigenvalue weighted by Gasteiger charge is 2.08. The summed E-state index contributed by atoms with van der Waals surface area (Å²) in [5, 5.41) is 3.66. The van der Waals surface area contributed by atoms with Gasteiger partial charge >= 0.3 is 0 Å². The number of halogens is 1. The highest BCUT2D eigenvalue weighted by atomic mass is 35.5. The summed E-state index contributed by atoms with van der Waals surface area (Å²) in [6, 6.07) is 7.51. The molecular formula is C13H19ClN2O. The van der Waals surface area contributed by atoms with Crippen molar-refractivity contribution in [3.8, 4) is 0 Å². The summed E-state index contributed by atoms with van der Waals surface area (Å²) >= 11 is 5.81. The average molecular weight is 255 g/mol. The zero-order valence-corrected chi connectivity index (χ0v) is 10.8. The topological polar surface area (TPSA) is 55.1 Å². The maximum absolute atomic E-state index is 11.6. The lowest BCUT2D eigenvalue weighted by molar-refractivity contribution is -0.121. The third-order valence-electron chi connectivity index (χ3n) is 2.61. The largest absolute Gasteiger partial charge is 0.350 e. The molecule has 1 aromatic rings. The number of benzene rings is 1. The van der Waals surface area contributed by atoms with Crippen LogP contribution in [0, 0.1) is 0 Å². The van der Waals surface area contributed by atoms with Crippen LogP contribution in [0.5, 0.6) is 0 Å². The summed E-state index contributed by atoms with van der Waals surface area (Å²) in [6.45, 7) is 2.60. The van der Waals surface area contributed by atoms with E-state index in [0.717, 1.165) is 18.4 Å². The van der Waals surface area contributed by atoms with E-state index in [1.165, 1.54) is 0 Å². The minimum Gasteiger partial charge on any atom is -0.350 e. The lowest BCUT2D eigenvalue weighted by Gasteiger charge is -2.14. The van der Waals surface area contributed by atoms with Gasteiger partial charge in [0.15, 0.2) is 0 Å². The van der Waals surface area contributed by atoms with E-state index in [9.17, 15) is 4.79 Å². The number of rotatable bonds is 6. The molecule has 0 unspecified atom stereocenters. The lowest BCUT2D eigenvalue weighted by Crippen LogP contribution is -2.26. The molecule has 0 spiro atoms. The first-order chi connectivity index (χ1) is 8.13. The summed E-state index contributed by atoms with van der Waals surface area (Å²) in [7, 11) is 0. The van der Waals surface area contributed by atoms with Crippen molar-refractivity contribution >= 4 is 17.5 Å². The van der Waals surface area contributed by atoms with Crippen LogP contribution in [-0.4, -0.2) is 12.5 Å². The second-order valence-electron chi connectivity index (χ2n) is 4.09. The van der Waals surface area contributed by atoms with Crippen LogP contribution in [0.2, 0.25) is 5.02 Å². The fraction of sp³-hybridized carbons (Fsp3) is 0.462. The monoisotopic (exact) mass is 254 g/mol. The fourth-order valence-corrected chi connectivity index (χ4v) is 1.70. The summed E-state index contributed by atoms with van der Waals surface area (Å²) in [5.41, 5.74) is 6.43. The van der Waals surface area contributed by atoms with Crippen LogP contribution in [0.3, 0.4) is 0 Å². The van der Waals surface area contributed by atoms with Gasteiger partial charge in [-0.1, -0.05) is 23.7 Å². The first-order valence-electron chi connectivity index (χ1n) is 5.88. The van der Waals surface area contributed by atoms with Crippen molar-refractivity contribution in [2.24, 2.45) is 5.73 Å². The van der Waals surface area contributed by atoms with E-state index in [4.69, 9.17) is 17.3 Å². The van der Waals surface area contributed by atoms with Crippen molar-refractivity contribution in [3.63, 3.8) is 0 Å². The number of carbonyl (C=O) groups is 1. The van der Waals surface area contributed by atoms with Crippen LogP contribution in [0.1, 0.15) is 37.8 Å². The minimum atomic E-state index is 0.0117. The van der Waals surface area contributed by atoms with Gasteiger partial charge in [-0.05, 0) is 44.0 Å². The molecule has 4 heteroatoms. The number of amides is 1. The summed E-state index contributed by atoms with van der Waals surface area (Å²) in [4.78, 5) is 11.6. The zero-order chi connectivity index (χ0) is 12.7. The van der Waals surface area contributed by atoms with Crippen molar-refractivity contribution in [2.75, 3.05) is 6.54 Å². The second-order valence-corrected chi connectivity index (χ2v) is 4.52. The molecule has 3 N–H and O–H groups in total. The molecular weight excluding hydrogens is 236 g/mol. The highest BCUT2D eigenvalue weighted by molar-refractivity contribution is 6.30. The Kier molecular flexibility index (Phi) is 6.01. The van der Waals surface area contributed by atoms with Crippen LogP contribution >= 0.6 is 11.6 Å². The van der Waals surface area contributed by atoms with Gasteiger partial charge in [-0.3, -0.25) is 4.79 Å². The quantitative estimate of drug-likeness (QED) is 0.767. The standard InChI is InChI=1S/C13H19ClN2O/c1-10(11-5-7-12(14)8-6-11)16-13(17)4-2-3-9-15/h5-8,10H,2-4,9,15H2,1H3,(H,16,17)/t10-/m0/s1. The number of nitrogens with two attached hydrogens (primary N) is 1. The van der Waals surface area contributed by atoms with E-state index in [1.54, 1.807) is 0 Å². The van der Waals surface area contributed by atoms with Crippen molar-refractivity contribution < 1.29 is 4.79 Å². The smallest absolute Gasteiger partial charge is 0.220 e. The van der Waals surface area contributed by atoms with E-state index >= 15 is 0 Å². The first-order valence-corrected chi connectivity index (χ1v) is 6.26. The molecule has 0 saturated carbocycles. The molecule has 0 saturated heterocycles. The molecule has 3 nitrogen and oxygen atoms in total. The SMILES string of the molecule is C[C@H](NC(=O)CCCCN)c1ccc(Cl)cc1. The van der Waals surface area contributed by atoms with Gasteiger partial charge in [0.25, 0.3) is 0 Å². The van der Waals surface area contributed by atoms with E-state index in [-0.39, 0.29) is 11.9 Å². The molecule has 1 aromatic carbocycles. The molecule has 0 fully saturated rings. The number of hydrogen-bond donors (Lipinski definition) is 2. The molecule has 0 aliphatic rings. The molecule has 0 aliphatic carbocycles. The molecule has 0 aliphatic heterocycles. The van der Waals surface area contributed by atoms with Gasteiger partial charge in [0.05, 0.1) is 6.04 Å². The number of hydrogen-bond acceptors (Lipinski definition) is 2. The number of nitrogens with one attached hydrogen (secondary N) is 1. The fourth-order valence-electron chi connectivity index (χ4n) is 1.58. The molecule has 1 amide bonds. The van der Waals surface area contributed by atoms with Crippen molar-refractivity contribution in [3.05, 3.63) is 34.9 Å². The highest BCUT2D eigenvalue weighted by Crippen LogP contribution is 2.16. The Morgan fingerprint density at radius 2 is 2.00 bits per heavy atom. The third-order valence-corrected chi connectivity index (χ3v) is 2.86. The molecule has 1 atom stereocenters. The zero-order valence-electron chi connectivity index (χ0n) is 10.1. The van der Waals surface area contributed by atoms with Crippen molar-refractivity contribution in [2.45, 2.75) is 32.2 Å². The van der Waals surface area contributed by atoms with Crippen LogP contribution in [-0.2, 0) is 4.79 Å². The van der Waals surface area contributed by atoms with Gasteiger partial charge in [-0.2, -0.15) is 0 Å². The van der Waals surface area contributed by atoms with Crippen molar-refractivity contribution in [1.82, 2.24) is 5.32 Å². The van der Waals surface area contributed by atoms with Crippen LogP contribution in [0.4, 0.5) is 0 Å². The van der Waals surface area contributed by atoms with E-state index < -0.39 is 0 Å². The molecule has 0 bridgehead atoms. The minimum absolute atomic E-state index is 0.0117. The maximum atomic E-state index is 11.6. The molecule has 0 heterocycles. The van der Waals surface area contributed by atoms with E-state index in [2.05, 4.69) is 5.32 Å². The maximum Gasteiger partial charge on any atom is 0.220 e. The Balaban J connectivity index is 2.40. The van der Waals surface area contributed by atoms with Crippen LogP contribution < -0.4 is 11.1 Å². The van der Waals surface area contributed by atoms with Gasteiger partial charge < -0.3 is 11.1 Å². The Morgan fingerprint density at radius 3 is 2.59 bits per heavy atom. The van der Waals surface area contributed by atoms with Gasteiger partial charge in [-0.15, -0.1) is 0 Å². The van der Waals surface area contributed by atoms with Crippen molar-refractivity contribution in [1.29, 1.82) is 0 Å². The third kappa shape index (κ3) is 5.20. The Hall–Kier alpha value is -1.06. The van der Waals surface area contributed by atoms with Crippen LogP contribution in [0.15, 0.2) is 24.3 Å². The number of unbranched alkanes of at least 4 members (excludes halogenated alkanes) is 1. The average Bonchev–Trinajstić information content (AvgIpc) is 2.30. The first kappa shape index (κ1) is 14.0. The van der Waals surface area contributed by atoms with Gasteiger partial charge in [0.2, 0.25) is 5.91 Å². The number of carbonyl (C=O) groups excluding carboxylic acids is 1. The van der Waals surface area contributed by atoms with E-state index in [0.29, 0.717) is 18.0 Å². The molecule has 0 aromatic heterocycles.